The largest absolute Gasteiger partial charge is 0.206 e. The van der Waals surface area contributed by atoms with Crippen molar-refractivity contribution in [3.8, 4) is 0 Å². The van der Waals surface area contributed by atoms with Crippen LogP contribution in [0.3, 0.4) is 0 Å². The van der Waals surface area contributed by atoms with Crippen molar-refractivity contribution >= 4 is 10.8 Å². The van der Waals surface area contributed by atoms with Crippen molar-refractivity contribution in [2.45, 2.75) is 135 Å². The van der Waals surface area contributed by atoms with Crippen LogP contribution in [0.2, 0.25) is 0 Å². The van der Waals surface area contributed by atoms with Crippen LogP contribution >= 0.6 is 0 Å². The monoisotopic (exact) mass is 478 g/mol. The van der Waals surface area contributed by atoms with E-state index in [1.165, 1.54) is 108 Å². The average Bonchev–Trinajstić information content (AvgIpc) is 2.90. The minimum atomic E-state index is 0.0175. The highest BCUT2D eigenvalue weighted by molar-refractivity contribution is 5.84. The van der Waals surface area contributed by atoms with E-state index in [0.717, 1.165) is 46.9 Å². The van der Waals surface area contributed by atoms with Crippen LogP contribution in [0.1, 0.15) is 140 Å². The molecular formula is C34H51F. The molecular weight excluding hydrogens is 427 g/mol. The van der Waals surface area contributed by atoms with Gasteiger partial charge in [0.05, 0.1) is 0 Å². The zero-order valence-corrected chi connectivity index (χ0v) is 22.8. The second-order valence-corrected chi connectivity index (χ2v) is 12.2. The number of fused-ring (bicyclic) bond motifs is 1. The first-order chi connectivity index (χ1) is 17.2. The number of rotatable bonds is 12. The fraction of sp³-hybridized carbons (Fsp3) is 0.706. The summed E-state index contributed by atoms with van der Waals surface area (Å²) in [4.78, 5) is 0. The number of hydrogen-bond donors (Lipinski definition) is 0. The zero-order chi connectivity index (χ0) is 24.5. The van der Waals surface area contributed by atoms with Gasteiger partial charge in [-0.1, -0.05) is 121 Å². The number of unbranched alkanes of at least 4 members (excludes halogenated alkanes) is 4. The number of benzene rings is 2. The highest BCUT2D eigenvalue weighted by atomic mass is 19.1. The van der Waals surface area contributed by atoms with E-state index in [2.05, 4.69) is 38.1 Å². The molecule has 2 aliphatic rings. The molecule has 2 fully saturated rings. The highest BCUT2D eigenvalue weighted by Crippen LogP contribution is 2.41. The Balaban J connectivity index is 1.21. The predicted molar refractivity (Wildman–Crippen MR) is 151 cm³/mol. The molecule has 2 aromatic rings. The second kappa shape index (κ2) is 13.8. The quantitative estimate of drug-likeness (QED) is 0.266. The lowest BCUT2D eigenvalue weighted by Gasteiger charge is -2.32. The van der Waals surface area contributed by atoms with Gasteiger partial charge in [-0.3, -0.25) is 0 Å². The Morgan fingerprint density at radius 1 is 0.657 bits per heavy atom. The molecule has 0 N–H and O–H groups in total. The molecule has 0 heterocycles. The van der Waals surface area contributed by atoms with E-state index in [1.54, 1.807) is 0 Å². The Kier molecular flexibility index (Phi) is 10.5. The highest BCUT2D eigenvalue weighted by Gasteiger charge is 2.25. The smallest absolute Gasteiger partial charge is 0.134 e. The van der Waals surface area contributed by atoms with Crippen LogP contribution in [0, 0.1) is 23.6 Å². The van der Waals surface area contributed by atoms with Gasteiger partial charge in [0.2, 0.25) is 0 Å². The Hall–Kier alpha value is -1.37. The summed E-state index contributed by atoms with van der Waals surface area (Å²) < 4.78 is 15.1. The van der Waals surface area contributed by atoms with Gasteiger partial charge in [0.1, 0.15) is 5.82 Å². The van der Waals surface area contributed by atoms with Gasteiger partial charge in [-0.2, -0.15) is 0 Å². The van der Waals surface area contributed by atoms with E-state index in [1.807, 2.05) is 6.07 Å². The van der Waals surface area contributed by atoms with Gasteiger partial charge in [-0.15, -0.1) is 0 Å². The molecule has 0 spiro atoms. The van der Waals surface area contributed by atoms with Gasteiger partial charge >= 0.3 is 0 Å². The maximum absolute atomic E-state index is 15.1. The van der Waals surface area contributed by atoms with Crippen LogP contribution in [0.4, 0.5) is 4.39 Å². The second-order valence-electron chi connectivity index (χ2n) is 12.2. The van der Waals surface area contributed by atoms with Gasteiger partial charge in [-0.25, -0.2) is 4.39 Å². The molecule has 2 saturated carbocycles. The van der Waals surface area contributed by atoms with E-state index in [4.69, 9.17) is 0 Å². The van der Waals surface area contributed by atoms with Crippen molar-refractivity contribution in [2.75, 3.05) is 0 Å². The molecule has 1 heteroatoms. The van der Waals surface area contributed by atoms with Crippen LogP contribution < -0.4 is 0 Å². The molecule has 0 aromatic heterocycles. The molecule has 35 heavy (non-hydrogen) atoms. The zero-order valence-electron chi connectivity index (χ0n) is 22.8. The van der Waals surface area contributed by atoms with Gasteiger partial charge in [-0.05, 0) is 78.7 Å². The van der Waals surface area contributed by atoms with Crippen LogP contribution in [-0.2, 0) is 6.42 Å². The maximum atomic E-state index is 15.1. The lowest BCUT2D eigenvalue weighted by Crippen LogP contribution is -2.17. The van der Waals surface area contributed by atoms with Crippen LogP contribution in [0.5, 0.6) is 0 Å². The summed E-state index contributed by atoms with van der Waals surface area (Å²) in [7, 11) is 0. The molecule has 2 aromatic carbocycles. The van der Waals surface area contributed by atoms with Crippen LogP contribution in [-0.4, -0.2) is 0 Å². The van der Waals surface area contributed by atoms with E-state index < -0.39 is 0 Å². The molecule has 0 atom stereocenters. The van der Waals surface area contributed by atoms with Crippen molar-refractivity contribution in [1.82, 2.24) is 0 Å². The van der Waals surface area contributed by atoms with E-state index in [-0.39, 0.29) is 5.82 Å². The maximum Gasteiger partial charge on any atom is 0.134 e. The topological polar surface area (TPSA) is 0 Å². The van der Waals surface area contributed by atoms with Crippen LogP contribution in [0.15, 0.2) is 30.3 Å². The lowest BCUT2D eigenvalue weighted by atomic mass is 9.74. The third-order valence-corrected chi connectivity index (χ3v) is 9.59. The summed E-state index contributed by atoms with van der Waals surface area (Å²) in [6.45, 7) is 4.52. The molecule has 0 saturated heterocycles. The van der Waals surface area contributed by atoms with Crippen LogP contribution in [0.25, 0.3) is 10.8 Å². The summed E-state index contributed by atoms with van der Waals surface area (Å²) in [5.41, 5.74) is 2.33. The molecule has 0 radical (unpaired) electrons. The summed E-state index contributed by atoms with van der Waals surface area (Å²) in [5, 5.41) is 1.91. The summed E-state index contributed by atoms with van der Waals surface area (Å²) in [5.74, 6) is 3.68. The van der Waals surface area contributed by atoms with E-state index in [9.17, 15) is 0 Å². The minimum absolute atomic E-state index is 0.0175. The van der Waals surface area contributed by atoms with Gasteiger partial charge in [0.25, 0.3) is 0 Å². The first kappa shape index (κ1) is 26.7. The van der Waals surface area contributed by atoms with Crippen molar-refractivity contribution in [3.63, 3.8) is 0 Å². The summed E-state index contributed by atoms with van der Waals surface area (Å²) >= 11 is 0. The van der Waals surface area contributed by atoms with E-state index in [0.29, 0.717) is 5.92 Å². The SMILES string of the molecule is CCCCCc1ccc2cc(C3CCC(CCC4CCC(CCCCC)CC4)CC3)ccc2c1F. The summed E-state index contributed by atoms with van der Waals surface area (Å²) in [6.07, 6.45) is 24.4. The minimum Gasteiger partial charge on any atom is -0.206 e. The van der Waals surface area contributed by atoms with Crippen molar-refractivity contribution in [3.05, 3.63) is 47.3 Å². The van der Waals surface area contributed by atoms with Gasteiger partial charge in [0.15, 0.2) is 0 Å². The molecule has 0 bridgehead atoms. The summed E-state index contributed by atoms with van der Waals surface area (Å²) in [6, 6.07) is 10.8. The van der Waals surface area contributed by atoms with E-state index >= 15 is 4.39 Å². The predicted octanol–water partition coefficient (Wildman–Crippen LogP) is 11.2. The molecule has 0 aliphatic heterocycles. The van der Waals surface area contributed by atoms with Crippen molar-refractivity contribution < 1.29 is 4.39 Å². The first-order valence-electron chi connectivity index (χ1n) is 15.4. The Labute approximate surface area is 215 Å². The fourth-order valence-electron chi connectivity index (χ4n) is 7.12. The van der Waals surface area contributed by atoms with Crippen molar-refractivity contribution in [1.29, 1.82) is 0 Å². The van der Waals surface area contributed by atoms with Crippen molar-refractivity contribution in [2.24, 2.45) is 17.8 Å². The standard InChI is InChI=1S/C34H51F/c1-3-5-7-9-26-11-13-27(14-12-26)15-16-28-17-19-29(20-18-28)31-23-24-33-32(25-31)22-21-30(34(33)35)10-8-6-4-2/h21-29H,3-20H2,1-2H3. The Bertz CT molecular complexity index is 883. The molecule has 2 aliphatic carbocycles. The first-order valence-corrected chi connectivity index (χ1v) is 15.4. The Morgan fingerprint density at radius 3 is 1.91 bits per heavy atom. The third kappa shape index (κ3) is 7.56. The Morgan fingerprint density at radius 2 is 1.26 bits per heavy atom. The van der Waals surface area contributed by atoms with Gasteiger partial charge < -0.3 is 0 Å². The lowest BCUT2D eigenvalue weighted by molar-refractivity contribution is 0.222. The molecule has 0 nitrogen and oxygen atoms in total. The number of aryl methyl sites for hydroxylation is 1. The normalized spacial score (nSPS) is 25.2. The number of halogens is 1. The van der Waals surface area contributed by atoms with Gasteiger partial charge in [0, 0.05) is 5.39 Å². The number of hydrogen-bond acceptors (Lipinski definition) is 0. The molecule has 194 valence electrons. The molecule has 0 amide bonds. The third-order valence-electron chi connectivity index (χ3n) is 9.59. The fourth-order valence-corrected chi connectivity index (χ4v) is 7.12. The molecule has 0 unspecified atom stereocenters. The molecule has 4 rings (SSSR count). The average molecular weight is 479 g/mol.